The standard InChI is InChI=1S/C73H142O17P2/c1-6-9-12-15-18-21-23-25-27-29-31-33-35-37-43-48-53-58-72(77)89-69(63-84-71(76)57-52-47-42-36-34-32-30-28-26-24-22-19-16-13-10-7-2)65-88-92(81,82)86-61-67(74)60-85-91(79,80)87-64-68(62-83-70(75)56-51-46-41-20-17-14-11-8-3)90-73(78)59-54-49-44-39-38-40-45-50-55-66(4)5/h66-69,74H,6-65H2,1-5H3,(H,79,80)(H,81,82)/t67-,68+,69+/m0/s1. The number of aliphatic hydroxyl groups excluding tert-OH is 1. The average Bonchev–Trinajstić information content (AvgIpc) is 1.50. The summed E-state index contributed by atoms with van der Waals surface area (Å²) in [6, 6.07) is 0. The molecule has 5 atom stereocenters. The first-order valence-corrected chi connectivity index (χ1v) is 41.1. The second-order valence-electron chi connectivity index (χ2n) is 26.8. The molecule has 0 saturated carbocycles. The molecule has 19 heteroatoms. The van der Waals surface area contributed by atoms with Gasteiger partial charge in [0, 0.05) is 25.7 Å². The third-order valence-electron chi connectivity index (χ3n) is 17.0. The fourth-order valence-electron chi connectivity index (χ4n) is 11.2. The lowest BCUT2D eigenvalue weighted by Crippen LogP contribution is -2.30. The molecular formula is C73H142O17P2. The van der Waals surface area contributed by atoms with Gasteiger partial charge in [0.25, 0.3) is 0 Å². The second kappa shape index (κ2) is 66.3. The van der Waals surface area contributed by atoms with Gasteiger partial charge in [0.15, 0.2) is 12.2 Å². The number of esters is 4. The minimum absolute atomic E-state index is 0.105. The number of rotatable bonds is 73. The number of phosphoric ester groups is 2. The molecule has 0 aromatic carbocycles. The normalized spacial score (nSPS) is 14.0. The first-order chi connectivity index (χ1) is 44.5. The van der Waals surface area contributed by atoms with Gasteiger partial charge in [-0.2, -0.15) is 0 Å². The van der Waals surface area contributed by atoms with Crippen LogP contribution in [-0.2, 0) is 65.4 Å². The molecule has 0 heterocycles. The lowest BCUT2D eigenvalue weighted by molar-refractivity contribution is -0.161. The van der Waals surface area contributed by atoms with E-state index in [1.54, 1.807) is 0 Å². The van der Waals surface area contributed by atoms with Crippen molar-refractivity contribution in [3.63, 3.8) is 0 Å². The van der Waals surface area contributed by atoms with Gasteiger partial charge in [-0.1, -0.05) is 330 Å². The minimum Gasteiger partial charge on any atom is -0.462 e. The van der Waals surface area contributed by atoms with E-state index in [1.807, 2.05) is 0 Å². The summed E-state index contributed by atoms with van der Waals surface area (Å²) in [5.74, 6) is -1.40. The van der Waals surface area contributed by atoms with E-state index >= 15 is 0 Å². The Labute approximate surface area is 562 Å². The monoisotopic (exact) mass is 1350 g/mol. The Morgan fingerprint density at radius 1 is 0.293 bits per heavy atom. The molecule has 0 aliphatic carbocycles. The van der Waals surface area contributed by atoms with E-state index in [0.717, 1.165) is 102 Å². The molecule has 0 spiro atoms. The van der Waals surface area contributed by atoms with Gasteiger partial charge in [0.2, 0.25) is 0 Å². The number of hydrogen-bond donors (Lipinski definition) is 3. The molecule has 17 nitrogen and oxygen atoms in total. The van der Waals surface area contributed by atoms with Crippen molar-refractivity contribution in [1.29, 1.82) is 0 Å². The highest BCUT2D eigenvalue weighted by molar-refractivity contribution is 7.47. The molecule has 0 aliphatic rings. The summed E-state index contributed by atoms with van der Waals surface area (Å²) in [5, 5.41) is 10.6. The van der Waals surface area contributed by atoms with Gasteiger partial charge in [-0.3, -0.25) is 37.3 Å². The number of carbonyl (C=O) groups excluding carboxylic acids is 4. The van der Waals surface area contributed by atoms with Crippen LogP contribution < -0.4 is 0 Å². The summed E-state index contributed by atoms with van der Waals surface area (Å²) in [5.41, 5.74) is 0. The Hall–Kier alpha value is -1.94. The Morgan fingerprint density at radius 3 is 0.739 bits per heavy atom. The van der Waals surface area contributed by atoms with E-state index in [2.05, 4.69) is 34.6 Å². The van der Waals surface area contributed by atoms with E-state index in [0.29, 0.717) is 25.7 Å². The Kier molecular flexibility index (Phi) is 64.9. The number of hydrogen-bond acceptors (Lipinski definition) is 15. The van der Waals surface area contributed by atoms with E-state index in [-0.39, 0.29) is 25.7 Å². The first-order valence-electron chi connectivity index (χ1n) is 38.1. The van der Waals surface area contributed by atoms with Crippen LogP contribution >= 0.6 is 15.6 Å². The molecule has 2 unspecified atom stereocenters. The van der Waals surface area contributed by atoms with Crippen molar-refractivity contribution in [3.05, 3.63) is 0 Å². The van der Waals surface area contributed by atoms with Crippen molar-refractivity contribution < 1.29 is 80.2 Å². The van der Waals surface area contributed by atoms with E-state index < -0.39 is 97.5 Å². The summed E-state index contributed by atoms with van der Waals surface area (Å²) in [6.07, 6.45) is 54.2. The number of aliphatic hydroxyl groups is 1. The van der Waals surface area contributed by atoms with Gasteiger partial charge >= 0.3 is 39.5 Å². The predicted molar refractivity (Wildman–Crippen MR) is 372 cm³/mol. The van der Waals surface area contributed by atoms with Crippen molar-refractivity contribution in [1.82, 2.24) is 0 Å². The third kappa shape index (κ3) is 66.7. The van der Waals surface area contributed by atoms with Gasteiger partial charge in [0.1, 0.15) is 19.3 Å². The molecule has 0 bridgehead atoms. The van der Waals surface area contributed by atoms with Gasteiger partial charge < -0.3 is 33.8 Å². The molecule has 0 saturated heterocycles. The van der Waals surface area contributed by atoms with Gasteiger partial charge in [0.05, 0.1) is 26.4 Å². The molecular weight excluding hydrogens is 1210 g/mol. The molecule has 0 radical (unpaired) electrons. The van der Waals surface area contributed by atoms with E-state index in [1.165, 1.54) is 199 Å². The van der Waals surface area contributed by atoms with Crippen LogP contribution in [0, 0.1) is 5.92 Å². The molecule has 0 aliphatic heterocycles. The first kappa shape index (κ1) is 90.1. The van der Waals surface area contributed by atoms with Crippen molar-refractivity contribution in [3.8, 4) is 0 Å². The largest absolute Gasteiger partial charge is 0.472 e. The zero-order chi connectivity index (χ0) is 67.7. The zero-order valence-corrected chi connectivity index (χ0v) is 61.5. The number of ether oxygens (including phenoxy) is 4. The maximum atomic E-state index is 13.1. The summed E-state index contributed by atoms with van der Waals surface area (Å²) >= 11 is 0. The average molecular weight is 1350 g/mol. The lowest BCUT2D eigenvalue weighted by Gasteiger charge is -2.21. The molecule has 0 aromatic heterocycles. The van der Waals surface area contributed by atoms with Crippen molar-refractivity contribution in [2.75, 3.05) is 39.6 Å². The number of unbranched alkanes of at least 4 members (excludes halogenated alkanes) is 45. The second-order valence-corrected chi connectivity index (χ2v) is 29.7. The van der Waals surface area contributed by atoms with Crippen molar-refractivity contribution in [2.45, 2.75) is 400 Å². The molecule has 3 N–H and O–H groups in total. The highest BCUT2D eigenvalue weighted by atomic mass is 31.2. The van der Waals surface area contributed by atoms with Gasteiger partial charge in [-0.15, -0.1) is 0 Å². The minimum atomic E-state index is -4.95. The van der Waals surface area contributed by atoms with Crippen LogP contribution in [0.3, 0.4) is 0 Å². The highest BCUT2D eigenvalue weighted by Gasteiger charge is 2.30. The summed E-state index contributed by atoms with van der Waals surface area (Å²) in [4.78, 5) is 72.6. The van der Waals surface area contributed by atoms with Crippen LogP contribution in [0.25, 0.3) is 0 Å². The highest BCUT2D eigenvalue weighted by Crippen LogP contribution is 2.45. The van der Waals surface area contributed by atoms with E-state index in [9.17, 15) is 43.2 Å². The summed E-state index contributed by atoms with van der Waals surface area (Å²) in [7, 11) is -9.90. The quantitative estimate of drug-likeness (QED) is 0.0222. The smallest absolute Gasteiger partial charge is 0.462 e. The predicted octanol–water partition coefficient (Wildman–Crippen LogP) is 21.3. The molecule has 0 rings (SSSR count). The van der Waals surface area contributed by atoms with Crippen LogP contribution in [0.5, 0.6) is 0 Å². The number of carbonyl (C=O) groups is 4. The molecule has 0 fully saturated rings. The Balaban J connectivity index is 5.21. The number of phosphoric acid groups is 2. The SMILES string of the molecule is CCCCCCCCCCCCCCCCCCCC(=O)O[C@H](COC(=O)CCCCCCCCCCCCCCCCCC)COP(=O)(O)OC[C@@H](O)COP(=O)(O)OC[C@@H](COC(=O)CCCCCCCCCC)OC(=O)CCCCCCCCCCC(C)C. The maximum Gasteiger partial charge on any atom is 0.472 e. The third-order valence-corrected chi connectivity index (χ3v) is 18.9. The fourth-order valence-corrected chi connectivity index (χ4v) is 12.8. The lowest BCUT2D eigenvalue weighted by atomic mass is 10.0. The zero-order valence-electron chi connectivity index (χ0n) is 59.7. The molecule has 0 amide bonds. The summed E-state index contributed by atoms with van der Waals surface area (Å²) in [6.45, 7) is 7.21. The van der Waals surface area contributed by atoms with Crippen LogP contribution in [0.2, 0.25) is 0 Å². The topological polar surface area (TPSA) is 237 Å². The molecule has 546 valence electrons. The maximum absolute atomic E-state index is 13.1. The van der Waals surface area contributed by atoms with Crippen molar-refractivity contribution >= 4 is 39.5 Å². The molecule has 92 heavy (non-hydrogen) atoms. The Bertz CT molecular complexity index is 1770. The summed E-state index contributed by atoms with van der Waals surface area (Å²) < 4.78 is 68.3. The van der Waals surface area contributed by atoms with Crippen LogP contribution in [0.15, 0.2) is 0 Å². The van der Waals surface area contributed by atoms with Gasteiger partial charge in [-0.25, -0.2) is 9.13 Å². The van der Waals surface area contributed by atoms with Gasteiger partial charge in [-0.05, 0) is 31.6 Å². The Morgan fingerprint density at radius 2 is 0.500 bits per heavy atom. The molecule has 0 aromatic rings. The van der Waals surface area contributed by atoms with Crippen LogP contribution in [-0.4, -0.2) is 96.7 Å². The van der Waals surface area contributed by atoms with E-state index in [4.69, 9.17) is 37.0 Å². The fraction of sp³-hybridized carbons (Fsp3) is 0.945. The van der Waals surface area contributed by atoms with Crippen LogP contribution in [0.1, 0.15) is 381 Å². The van der Waals surface area contributed by atoms with Crippen molar-refractivity contribution in [2.24, 2.45) is 5.92 Å². The van der Waals surface area contributed by atoms with Crippen LogP contribution in [0.4, 0.5) is 0 Å².